The molecule has 1 unspecified atom stereocenters. The lowest BCUT2D eigenvalue weighted by Crippen LogP contribution is -2.20. The number of rotatable bonds is 6. The standard InChI is InChI=1S/C14H16NO3P/c16-19(17)18-15(11-13-7-3-1-4-8-13)12-14-9-5-2-6-10-14/h1-10,19H,11-12H2,(H,16,17). The van der Waals surface area contributed by atoms with Crippen LogP contribution in [-0.2, 0) is 22.3 Å². The summed E-state index contributed by atoms with van der Waals surface area (Å²) in [6.45, 7) is 0.930. The summed E-state index contributed by atoms with van der Waals surface area (Å²) >= 11 is 0. The third-order valence-corrected chi connectivity index (χ3v) is 3.03. The lowest BCUT2D eigenvalue weighted by atomic mass is 10.2. The average molecular weight is 277 g/mol. The molecule has 0 aliphatic carbocycles. The summed E-state index contributed by atoms with van der Waals surface area (Å²) in [5.41, 5.74) is 2.06. The van der Waals surface area contributed by atoms with Crippen LogP contribution in [0, 0.1) is 0 Å². The summed E-state index contributed by atoms with van der Waals surface area (Å²) in [7, 11) is -3.00. The molecule has 0 saturated carbocycles. The molecular weight excluding hydrogens is 261 g/mol. The molecule has 0 amide bonds. The van der Waals surface area contributed by atoms with Gasteiger partial charge < -0.3 is 4.89 Å². The summed E-state index contributed by atoms with van der Waals surface area (Å²) in [6, 6.07) is 19.4. The third kappa shape index (κ3) is 4.97. The molecule has 0 aliphatic heterocycles. The Morgan fingerprint density at radius 2 is 1.32 bits per heavy atom. The molecule has 0 heterocycles. The van der Waals surface area contributed by atoms with Crippen LogP contribution in [-0.4, -0.2) is 9.96 Å². The van der Waals surface area contributed by atoms with Gasteiger partial charge in [0.25, 0.3) is 0 Å². The van der Waals surface area contributed by atoms with Crippen molar-refractivity contribution in [1.82, 2.24) is 5.06 Å². The third-order valence-electron chi connectivity index (χ3n) is 2.61. The Balaban J connectivity index is 2.06. The van der Waals surface area contributed by atoms with Crippen LogP contribution in [0.5, 0.6) is 0 Å². The van der Waals surface area contributed by atoms with E-state index in [4.69, 9.17) is 9.52 Å². The first-order valence-corrected chi connectivity index (χ1v) is 7.24. The second-order valence-corrected chi connectivity index (χ2v) is 4.84. The van der Waals surface area contributed by atoms with Crippen LogP contribution in [0.1, 0.15) is 11.1 Å². The number of benzene rings is 2. The van der Waals surface area contributed by atoms with Crippen molar-refractivity contribution < 1.29 is 14.1 Å². The second-order valence-electron chi connectivity index (χ2n) is 4.13. The van der Waals surface area contributed by atoms with Gasteiger partial charge in [-0.25, -0.2) is 4.62 Å². The molecule has 0 spiro atoms. The molecule has 4 nitrogen and oxygen atoms in total. The van der Waals surface area contributed by atoms with Gasteiger partial charge in [0, 0.05) is 13.1 Å². The van der Waals surface area contributed by atoms with E-state index in [0.717, 1.165) is 11.1 Å². The van der Waals surface area contributed by atoms with Crippen LogP contribution in [0.3, 0.4) is 0 Å². The number of nitrogens with zero attached hydrogens (tertiary/aromatic N) is 1. The molecule has 0 radical (unpaired) electrons. The van der Waals surface area contributed by atoms with Gasteiger partial charge in [-0.05, 0) is 11.1 Å². The van der Waals surface area contributed by atoms with Gasteiger partial charge in [0.05, 0.1) is 0 Å². The highest BCUT2D eigenvalue weighted by Crippen LogP contribution is 2.21. The molecular formula is C14H16NO3P. The van der Waals surface area contributed by atoms with Crippen LogP contribution < -0.4 is 0 Å². The summed E-state index contributed by atoms with van der Waals surface area (Å²) in [5.74, 6) is 0. The molecule has 0 bridgehead atoms. The monoisotopic (exact) mass is 277 g/mol. The summed E-state index contributed by atoms with van der Waals surface area (Å²) in [4.78, 5) is 8.96. The maximum atomic E-state index is 10.9. The first-order chi connectivity index (χ1) is 9.24. The maximum Gasteiger partial charge on any atom is 0.333 e. The molecule has 19 heavy (non-hydrogen) atoms. The summed E-state index contributed by atoms with van der Waals surface area (Å²) in [6.07, 6.45) is 0. The van der Waals surface area contributed by atoms with Crippen molar-refractivity contribution in [2.45, 2.75) is 13.1 Å². The van der Waals surface area contributed by atoms with Crippen LogP contribution in [0.2, 0.25) is 0 Å². The maximum absolute atomic E-state index is 10.9. The lowest BCUT2D eigenvalue weighted by molar-refractivity contribution is -0.0770. The van der Waals surface area contributed by atoms with Gasteiger partial charge in [-0.1, -0.05) is 60.7 Å². The molecule has 0 aliphatic rings. The predicted molar refractivity (Wildman–Crippen MR) is 74.4 cm³/mol. The van der Waals surface area contributed by atoms with Crippen molar-refractivity contribution in [2.24, 2.45) is 0 Å². The Hall–Kier alpha value is -1.45. The minimum Gasteiger partial charge on any atom is -0.325 e. The van der Waals surface area contributed by atoms with Crippen LogP contribution in [0.4, 0.5) is 0 Å². The molecule has 5 heteroatoms. The van der Waals surface area contributed by atoms with E-state index in [2.05, 4.69) is 0 Å². The van der Waals surface area contributed by atoms with E-state index in [1.165, 1.54) is 5.06 Å². The lowest BCUT2D eigenvalue weighted by Gasteiger charge is -2.20. The number of hydrogen-bond donors (Lipinski definition) is 1. The minimum absolute atomic E-state index is 0.465. The quantitative estimate of drug-likeness (QED) is 0.651. The van der Waals surface area contributed by atoms with Gasteiger partial charge in [0.15, 0.2) is 0 Å². The smallest absolute Gasteiger partial charge is 0.325 e. The molecule has 1 atom stereocenters. The first kappa shape index (κ1) is 14.0. The van der Waals surface area contributed by atoms with E-state index in [-0.39, 0.29) is 0 Å². The molecule has 2 aromatic carbocycles. The molecule has 0 fully saturated rings. The molecule has 0 saturated heterocycles. The Labute approximate surface area is 113 Å². The topological polar surface area (TPSA) is 49.8 Å². The van der Waals surface area contributed by atoms with Crippen molar-refractivity contribution in [3.05, 3.63) is 71.8 Å². The zero-order valence-electron chi connectivity index (χ0n) is 10.4. The summed E-state index contributed by atoms with van der Waals surface area (Å²) in [5, 5.41) is 1.51. The molecule has 1 N–H and O–H groups in total. The van der Waals surface area contributed by atoms with Crippen molar-refractivity contribution in [3.63, 3.8) is 0 Å². The molecule has 2 aromatic rings. The highest BCUT2D eigenvalue weighted by Gasteiger charge is 2.10. The normalized spacial score (nSPS) is 12.5. The second kappa shape index (κ2) is 7.22. The number of hydrogen-bond acceptors (Lipinski definition) is 3. The number of hydroxylamine groups is 2. The van der Waals surface area contributed by atoms with Crippen molar-refractivity contribution >= 4 is 8.25 Å². The zero-order valence-corrected chi connectivity index (χ0v) is 11.4. The van der Waals surface area contributed by atoms with E-state index in [1.54, 1.807) is 0 Å². The highest BCUT2D eigenvalue weighted by atomic mass is 31.1. The van der Waals surface area contributed by atoms with Gasteiger partial charge in [-0.15, -0.1) is 0 Å². The van der Waals surface area contributed by atoms with Gasteiger partial charge in [-0.2, -0.15) is 5.06 Å². The van der Waals surface area contributed by atoms with Crippen molar-refractivity contribution in [2.75, 3.05) is 0 Å². The fourth-order valence-corrected chi connectivity index (χ4v) is 2.15. The Morgan fingerprint density at radius 1 is 0.895 bits per heavy atom. The van der Waals surface area contributed by atoms with Gasteiger partial charge in [0.2, 0.25) is 0 Å². The van der Waals surface area contributed by atoms with Crippen molar-refractivity contribution in [3.8, 4) is 0 Å². The van der Waals surface area contributed by atoms with E-state index in [9.17, 15) is 4.57 Å². The minimum atomic E-state index is -3.00. The SMILES string of the molecule is O=[PH](O)ON(Cc1ccccc1)Cc1ccccc1. The van der Waals surface area contributed by atoms with Gasteiger partial charge in [-0.3, -0.25) is 4.57 Å². The van der Waals surface area contributed by atoms with Crippen molar-refractivity contribution in [1.29, 1.82) is 0 Å². The van der Waals surface area contributed by atoms with Gasteiger partial charge >= 0.3 is 8.25 Å². The largest absolute Gasteiger partial charge is 0.333 e. The van der Waals surface area contributed by atoms with Gasteiger partial charge in [0.1, 0.15) is 0 Å². The Bertz CT molecular complexity index is 477. The van der Waals surface area contributed by atoms with E-state index < -0.39 is 8.25 Å². The van der Waals surface area contributed by atoms with Crippen LogP contribution in [0.25, 0.3) is 0 Å². The van der Waals surface area contributed by atoms with E-state index in [0.29, 0.717) is 13.1 Å². The van der Waals surface area contributed by atoms with E-state index >= 15 is 0 Å². The van der Waals surface area contributed by atoms with Crippen LogP contribution in [0.15, 0.2) is 60.7 Å². The zero-order chi connectivity index (χ0) is 13.5. The first-order valence-electron chi connectivity index (χ1n) is 5.98. The highest BCUT2D eigenvalue weighted by molar-refractivity contribution is 7.32. The van der Waals surface area contributed by atoms with Crippen LogP contribution >= 0.6 is 8.25 Å². The fraction of sp³-hybridized carbons (Fsp3) is 0.143. The molecule has 2 rings (SSSR count). The molecule has 0 aromatic heterocycles. The predicted octanol–water partition coefficient (Wildman–Crippen LogP) is 3.00. The molecule has 100 valence electrons. The Morgan fingerprint density at radius 3 is 1.68 bits per heavy atom. The Kier molecular flexibility index (Phi) is 5.31. The average Bonchev–Trinajstić information content (AvgIpc) is 2.40. The fourth-order valence-electron chi connectivity index (χ4n) is 1.81. The summed E-state index contributed by atoms with van der Waals surface area (Å²) < 4.78 is 15.9. The van der Waals surface area contributed by atoms with E-state index in [1.807, 2.05) is 60.7 Å².